The van der Waals surface area contributed by atoms with Crippen LogP contribution in [0.5, 0.6) is 17.2 Å². The van der Waals surface area contributed by atoms with Crippen molar-refractivity contribution in [2.45, 2.75) is 6.42 Å². The fourth-order valence-electron chi connectivity index (χ4n) is 2.16. The summed E-state index contributed by atoms with van der Waals surface area (Å²) in [5.74, 6) is 0.0573. The molecular formula is C17H18O5. The van der Waals surface area contributed by atoms with E-state index in [1.165, 1.54) is 25.3 Å². The van der Waals surface area contributed by atoms with E-state index in [0.29, 0.717) is 0 Å². The lowest BCUT2D eigenvalue weighted by atomic mass is 9.98. The molecule has 1 aliphatic carbocycles. The van der Waals surface area contributed by atoms with Crippen molar-refractivity contribution in [1.29, 1.82) is 0 Å². The zero-order valence-electron chi connectivity index (χ0n) is 12.4. The molecule has 0 spiro atoms. The van der Waals surface area contributed by atoms with Crippen LogP contribution in [0.3, 0.4) is 0 Å². The van der Waals surface area contributed by atoms with Crippen LogP contribution in [0.25, 0.3) is 0 Å². The van der Waals surface area contributed by atoms with E-state index in [-0.39, 0.29) is 28.7 Å². The van der Waals surface area contributed by atoms with Gasteiger partial charge < -0.3 is 19.7 Å². The van der Waals surface area contributed by atoms with Crippen molar-refractivity contribution in [2.75, 3.05) is 14.2 Å². The molecule has 0 amide bonds. The fraction of sp³-hybridized carbons (Fsp3) is 0.235. The summed E-state index contributed by atoms with van der Waals surface area (Å²) in [6.07, 6.45) is 9.50. The van der Waals surface area contributed by atoms with Gasteiger partial charge in [-0.3, -0.25) is 4.79 Å². The van der Waals surface area contributed by atoms with Gasteiger partial charge in [0.25, 0.3) is 0 Å². The van der Waals surface area contributed by atoms with Gasteiger partial charge in [-0.25, -0.2) is 0 Å². The topological polar surface area (TPSA) is 76.0 Å². The first-order valence-corrected chi connectivity index (χ1v) is 6.80. The van der Waals surface area contributed by atoms with Gasteiger partial charge in [-0.15, -0.1) is 0 Å². The lowest BCUT2D eigenvalue weighted by molar-refractivity contribution is 0.104. The van der Waals surface area contributed by atoms with Crippen LogP contribution in [0.4, 0.5) is 0 Å². The first kappa shape index (κ1) is 15.7. The summed E-state index contributed by atoms with van der Waals surface area (Å²) in [5.41, 5.74) is -0.134. The lowest BCUT2D eigenvalue weighted by Crippen LogP contribution is -2.01. The summed E-state index contributed by atoms with van der Waals surface area (Å²) < 4.78 is 10.0. The second-order valence-electron chi connectivity index (χ2n) is 4.83. The molecule has 0 saturated carbocycles. The summed E-state index contributed by atoms with van der Waals surface area (Å²) in [5, 5.41) is 19.7. The smallest absolute Gasteiger partial charge is 0.193 e. The Labute approximate surface area is 128 Å². The van der Waals surface area contributed by atoms with Crippen LogP contribution in [-0.2, 0) is 4.74 Å². The number of carbonyl (C=O) groups is 1. The minimum absolute atomic E-state index is 0.0744. The molecule has 0 aromatic heterocycles. The monoisotopic (exact) mass is 302 g/mol. The number of benzene rings is 1. The highest BCUT2D eigenvalue weighted by Gasteiger charge is 2.16. The Balaban J connectivity index is 2.12. The highest BCUT2D eigenvalue weighted by Crippen LogP contribution is 2.33. The quantitative estimate of drug-likeness (QED) is 0.646. The van der Waals surface area contributed by atoms with Crippen molar-refractivity contribution in [3.05, 3.63) is 53.8 Å². The van der Waals surface area contributed by atoms with Crippen LogP contribution < -0.4 is 4.74 Å². The standard InChI is InChI=1S/C17H18O5/c1-21-12-6-3-11(4-7-12)5-8-14(18)17-15(19)9-13(22-2)10-16(17)20/h3,5-11,19-20H,4H2,1-2H3/b8-5-/t11-/m0/s1. The predicted octanol–water partition coefficient (Wildman–Crippen LogP) is 2.95. The van der Waals surface area contributed by atoms with Gasteiger partial charge in [0.05, 0.1) is 14.2 Å². The van der Waals surface area contributed by atoms with Crippen LogP contribution in [-0.4, -0.2) is 30.2 Å². The molecule has 0 fully saturated rings. The Morgan fingerprint density at radius 1 is 1.23 bits per heavy atom. The molecule has 0 radical (unpaired) electrons. The number of phenolic OH excluding ortho intramolecular Hbond substituents is 2. The van der Waals surface area contributed by atoms with Gasteiger partial charge >= 0.3 is 0 Å². The molecule has 0 saturated heterocycles. The van der Waals surface area contributed by atoms with Gasteiger partial charge in [0.2, 0.25) is 0 Å². The van der Waals surface area contributed by atoms with Gasteiger partial charge in [-0.05, 0) is 30.6 Å². The Morgan fingerprint density at radius 2 is 1.91 bits per heavy atom. The first-order valence-electron chi connectivity index (χ1n) is 6.80. The summed E-state index contributed by atoms with van der Waals surface area (Å²) in [6.45, 7) is 0. The molecule has 0 aliphatic heterocycles. The first-order chi connectivity index (χ1) is 10.5. The third-order valence-electron chi connectivity index (χ3n) is 3.38. The molecule has 1 aliphatic rings. The van der Waals surface area contributed by atoms with Crippen LogP contribution in [0.1, 0.15) is 16.8 Å². The van der Waals surface area contributed by atoms with E-state index in [2.05, 4.69) is 0 Å². The molecule has 5 heteroatoms. The minimum Gasteiger partial charge on any atom is -0.507 e. The summed E-state index contributed by atoms with van der Waals surface area (Å²) in [4.78, 5) is 12.1. The average Bonchev–Trinajstić information content (AvgIpc) is 2.52. The second-order valence-corrected chi connectivity index (χ2v) is 4.83. The SMILES string of the molecule is COC1=CC[C@@H](/C=C\C(=O)c2c(O)cc(OC)cc2O)C=C1. The third-order valence-corrected chi connectivity index (χ3v) is 3.38. The number of hydrogen-bond acceptors (Lipinski definition) is 5. The van der Waals surface area contributed by atoms with Crippen LogP contribution in [0, 0.1) is 5.92 Å². The molecular weight excluding hydrogens is 284 g/mol. The molecule has 0 bridgehead atoms. The Kier molecular flexibility index (Phi) is 4.88. The van der Waals surface area contributed by atoms with Crippen LogP contribution in [0.2, 0.25) is 0 Å². The van der Waals surface area contributed by atoms with E-state index in [1.54, 1.807) is 13.2 Å². The minimum atomic E-state index is -0.465. The van der Waals surface area contributed by atoms with Crippen LogP contribution >= 0.6 is 0 Å². The maximum absolute atomic E-state index is 12.1. The highest BCUT2D eigenvalue weighted by molar-refractivity contribution is 6.08. The second kappa shape index (κ2) is 6.85. The number of allylic oxidation sites excluding steroid dienone is 5. The van der Waals surface area contributed by atoms with E-state index >= 15 is 0 Å². The molecule has 2 N–H and O–H groups in total. The van der Waals surface area contributed by atoms with E-state index in [9.17, 15) is 15.0 Å². The van der Waals surface area contributed by atoms with Gasteiger partial charge in [0.15, 0.2) is 5.78 Å². The molecule has 5 nitrogen and oxygen atoms in total. The van der Waals surface area contributed by atoms with Crippen molar-refractivity contribution in [1.82, 2.24) is 0 Å². The number of aromatic hydroxyl groups is 2. The van der Waals surface area contributed by atoms with E-state index in [0.717, 1.165) is 12.2 Å². The maximum atomic E-state index is 12.1. The molecule has 1 aromatic rings. The number of rotatable bonds is 5. The lowest BCUT2D eigenvalue weighted by Gasteiger charge is -2.11. The van der Waals surface area contributed by atoms with Crippen molar-refractivity contribution in [3.8, 4) is 17.2 Å². The number of hydrogen-bond donors (Lipinski definition) is 2. The zero-order chi connectivity index (χ0) is 16.1. The molecule has 116 valence electrons. The average molecular weight is 302 g/mol. The number of methoxy groups -OCH3 is 2. The van der Waals surface area contributed by atoms with E-state index < -0.39 is 5.78 Å². The molecule has 1 atom stereocenters. The van der Waals surface area contributed by atoms with Crippen molar-refractivity contribution in [3.63, 3.8) is 0 Å². The van der Waals surface area contributed by atoms with Gasteiger partial charge in [0, 0.05) is 12.1 Å². The predicted molar refractivity (Wildman–Crippen MR) is 82.1 cm³/mol. The van der Waals surface area contributed by atoms with E-state index in [4.69, 9.17) is 9.47 Å². The normalized spacial score (nSPS) is 17.4. The summed E-state index contributed by atoms with van der Waals surface area (Å²) in [6, 6.07) is 2.57. The number of ether oxygens (including phenoxy) is 2. The van der Waals surface area contributed by atoms with Gasteiger partial charge in [0.1, 0.15) is 28.6 Å². The van der Waals surface area contributed by atoms with E-state index in [1.807, 2.05) is 18.2 Å². The highest BCUT2D eigenvalue weighted by atomic mass is 16.5. The summed E-state index contributed by atoms with van der Waals surface area (Å²) in [7, 11) is 3.01. The Hall–Kier alpha value is -2.69. The zero-order valence-corrected chi connectivity index (χ0v) is 12.4. The van der Waals surface area contributed by atoms with Crippen molar-refractivity contribution in [2.24, 2.45) is 5.92 Å². The fourth-order valence-corrected chi connectivity index (χ4v) is 2.16. The largest absolute Gasteiger partial charge is 0.507 e. The summed E-state index contributed by atoms with van der Waals surface area (Å²) >= 11 is 0. The van der Waals surface area contributed by atoms with Crippen LogP contribution in [0.15, 0.2) is 48.3 Å². The van der Waals surface area contributed by atoms with Gasteiger partial charge in [-0.2, -0.15) is 0 Å². The third kappa shape index (κ3) is 3.49. The molecule has 2 rings (SSSR count). The number of carbonyl (C=O) groups excluding carboxylic acids is 1. The van der Waals surface area contributed by atoms with Crippen molar-refractivity contribution >= 4 is 5.78 Å². The maximum Gasteiger partial charge on any atom is 0.193 e. The Morgan fingerprint density at radius 3 is 2.41 bits per heavy atom. The molecule has 0 unspecified atom stereocenters. The number of phenols is 2. The molecule has 0 heterocycles. The Bertz CT molecular complexity index is 632. The van der Waals surface area contributed by atoms with Gasteiger partial charge in [-0.1, -0.05) is 12.2 Å². The van der Waals surface area contributed by atoms with Crippen molar-refractivity contribution < 1.29 is 24.5 Å². The molecule has 22 heavy (non-hydrogen) atoms. The molecule has 1 aromatic carbocycles. The number of ketones is 1.